The van der Waals surface area contributed by atoms with E-state index in [9.17, 15) is 4.79 Å². The molecule has 31 heavy (non-hydrogen) atoms. The number of ether oxygens (including phenoxy) is 1. The third kappa shape index (κ3) is 3.66. The molecule has 0 saturated carbocycles. The van der Waals surface area contributed by atoms with E-state index in [1.165, 1.54) is 4.80 Å². The fraction of sp³-hybridized carbons (Fsp3) is 0.333. The van der Waals surface area contributed by atoms with E-state index in [0.717, 1.165) is 36.4 Å². The molecule has 1 unspecified atom stereocenters. The molecule has 5 rings (SSSR count). The fourth-order valence-electron chi connectivity index (χ4n) is 3.83. The monoisotopic (exact) mass is 418 g/mol. The average Bonchev–Trinajstić information content (AvgIpc) is 3.55. The number of imidazole rings is 1. The quantitative estimate of drug-likeness (QED) is 0.473. The van der Waals surface area contributed by atoms with E-state index in [1.54, 1.807) is 18.6 Å². The second kappa shape index (κ2) is 7.88. The van der Waals surface area contributed by atoms with Crippen molar-refractivity contribution in [3.05, 3.63) is 48.3 Å². The van der Waals surface area contributed by atoms with E-state index in [4.69, 9.17) is 10.5 Å². The van der Waals surface area contributed by atoms with Crippen molar-refractivity contribution >= 4 is 17.2 Å². The molecule has 1 aliphatic heterocycles. The number of carbonyl (C=O) groups excluding carboxylic acids is 1. The van der Waals surface area contributed by atoms with Crippen LogP contribution in [0.3, 0.4) is 0 Å². The third-order valence-corrected chi connectivity index (χ3v) is 5.46. The maximum Gasteiger partial charge on any atom is 0.202 e. The Kier molecular flexibility index (Phi) is 4.91. The van der Waals surface area contributed by atoms with Crippen molar-refractivity contribution in [1.29, 1.82) is 0 Å². The first-order chi connectivity index (χ1) is 15.1. The van der Waals surface area contributed by atoms with Crippen LogP contribution in [0, 0.1) is 6.92 Å². The van der Waals surface area contributed by atoms with Gasteiger partial charge in [0, 0.05) is 36.7 Å². The Morgan fingerprint density at radius 3 is 2.87 bits per heavy atom. The van der Waals surface area contributed by atoms with E-state index >= 15 is 0 Å². The molecule has 0 aliphatic carbocycles. The zero-order valence-corrected chi connectivity index (χ0v) is 17.1. The molecule has 4 aromatic rings. The molecule has 1 atom stereocenters. The van der Waals surface area contributed by atoms with Crippen LogP contribution in [0.15, 0.2) is 36.9 Å². The predicted molar refractivity (Wildman–Crippen MR) is 113 cm³/mol. The molecule has 5 heterocycles. The van der Waals surface area contributed by atoms with Gasteiger partial charge in [-0.05, 0) is 38.3 Å². The lowest BCUT2D eigenvalue weighted by atomic mass is 10.1. The molecule has 10 nitrogen and oxygen atoms in total. The highest BCUT2D eigenvalue weighted by molar-refractivity contribution is 5.99. The molecular weight excluding hydrogens is 396 g/mol. The first-order valence-corrected chi connectivity index (χ1v) is 10.2. The van der Waals surface area contributed by atoms with Crippen LogP contribution in [-0.4, -0.2) is 52.8 Å². The van der Waals surface area contributed by atoms with Gasteiger partial charge in [-0.2, -0.15) is 10.2 Å². The molecule has 1 aliphatic rings. The lowest BCUT2D eigenvalue weighted by Crippen LogP contribution is -2.16. The number of Topliss-reactive ketones (excluding diaryl/α,β-unsaturated/α-hetero) is 1. The van der Waals surface area contributed by atoms with Gasteiger partial charge in [-0.3, -0.25) is 4.79 Å². The summed E-state index contributed by atoms with van der Waals surface area (Å²) in [5, 5.41) is 8.35. The standard InChI is InChI=1S/C21H22N8O2/c1-13-11-23-17-7-4-14(12-28(13)17)18-21(29-24-8-9-25-29)27-20(22)19(26-18)16(30)6-5-15-3-2-10-31-15/h4,7-9,11-12,15H,2-3,5-6,10H2,1H3,(H2,22,27). The Morgan fingerprint density at radius 2 is 2.10 bits per heavy atom. The molecule has 10 heteroatoms. The number of hydrogen-bond acceptors (Lipinski definition) is 8. The Bertz CT molecular complexity index is 1240. The zero-order valence-electron chi connectivity index (χ0n) is 17.1. The molecular formula is C21H22N8O2. The number of rotatable bonds is 6. The minimum atomic E-state index is -0.151. The van der Waals surface area contributed by atoms with Crippen molar-refractivity contribution in [2.45, 2.75) is 38.7 Å². The van der Waals surface area contributed by atoms with Gasteiger partial charge in [0.25, 0.3) is 0 Å². The Hall–Kier alpha value is -3.66. The van der Waals surface area contributed by atoms with Crippen LogP contribution in [0.2, 0.25) is 0 Å². The molecule has 1 saturated heterocycles. The normalized spacial score (nSPS) is 16.2. The number of hydrogen-bond donors (Lipinski definition) is 1. The summed E-state index contributed by atoms with van der Waals surface area (Å²) in [4.78, 5) is 27.8. The van der Waals surface area contributed by atoms with Crippen molar-refractivity contribution < 1.29 is 9.53 Å². The maximum atomic E-state index is 12.9. The predicted octanol–water partition coefficient (Wildman–Crippen LogP) is 2.40. The van der Waals surface area contributed by atoms with E-state index in [1.807, 2.05) is 29.7 Å². The van der Waals surface area contributed by atoms with Gasteiger partial charge in [0.05, 0.1) is 18.5 Å². The highest BCUT2D eigenvalue weighted by Gasteiger charge is 2.23. The van der Waals surface area contributed by atoms with Crippen molar-refractivity contribution in [3.8, 4) is 17.1 Å². The highest BCUT2D eigenvalue weighted by Crippen LogP contribution is 2.27. The second-order valence-corrected chi connectivity index (χ2v) is 7.59. The van der Waals surface area contributed by atoms with Crippen LogP contribution in [0.4, 0.5) is 5.82 Å². The molecule has 0 aromatic carbocycles. The molecule has 158 valence electrons. The third-order valence-electron chi connectivity index (χ3n) is 5.46. The number of nitrogens with two attached hydrogens (primary N) is 1. The van der Waals surface area contributed by atoms with Gasteiger partial charge >= 0.3 is 0 Å². The number of aromatic nitrogens is 7. The van der Waals surface area contributed by atoms with E-state index in [-0.39, 0.29) is 23.4 Å². The molecule has 2 N–H and O–H groups in total. The van der Waals surface area contributed by atoms with Crippen LogP contribution < -0.4 is 5.73 Å². The van der Waals surface area contributed by atoms with E-state index < -0.39 is 0 Å². The number of fused-ring (bicyclic) bond motifs is 1. The minimum absolute atomic E-state index is 0.0632. The number of pyridine rings is 1. The lowest BCUT2D eigenvalue weighted by molar-refractivity contribution is 0.0856. The molecule has 0 bridgehead atoms. The van der Waals surface area contributed by atoms with Gasteiger partial charge in [0.15, 0.2) is 11.6 Å². The van der Waals surface area contributed by atoms with Gasteiger partial charge < -0.3 is 14.9 Å². The smallest absolute Gasteiger partial charge is 0.202 e. The van der Waals surface area contributed by atoms with Crippen LogP contribution in [0.1, 0.15) is 41.9 Å². The lowest BCUT2D eigenvalue weighted by Gasteiger charge is -2.13. The maximum absolute atomic E-state index is 12.9. The van der Waals surface area contributed by atoms with Crippen molar-refractivity contribution in [1.82, 2.24) is 34.3 Å². The summed E-state index contributed by atoms with van der Waals surface area (Å²) in [6.07, 6.45) is 9.89. The number of nitrogens with zero attached hydrogens (tertiary/aromatic N) is 7. The first kappa shape index (κ1) is 19.3. The number of aryl methyl sites for hydroxylation is 1. The van der Waals surface area contributed by atoms with Gasteiger partial charge in [0.2, 0.25) is 5.82 Å². The Balaban J connectivity index is 1.57. The van der Waals surface area contributed by atoms with Gasteiger partial charge in [-0.25, -0.2) is 15.0 Å². The van der Waals surface area contributed by atoms with Crippen LogP contribution in [0.5, 0.6) is 0 Å². The number of ketones is 1. The second-order valence-electron chi connectivity index (χ2n) is 7.59. The summed E-state index contributed by atoms with van der Waals surface area (Å²) in [6, 6.07) is 3.77. The number of anilines is 1. The molecule has 0 spiro atoms. The van der Waals surface area contributed by atoms with Gasteiger partial charge in [-0.15, -0.1) is 4.80 Å². The number of carbonyl (C=O) groups is 1. The summed E-state index contributed by atoms with van der Waals surface area (Å²) < 4.78 is 7.58. The molecule has 0 amide bonds. The molecule has 4 aromatic heterocycles. The molecule has 0 radical (unpaired) electrons. The van der Waals surface area contributed by atoms with Crippen molar-refractivity contribution in [3.63, 3.8) is 0 Å². The summed E-state index contributed by atoms with van der Waals surface area (Å²) in [7, 11) is 0. The van der Waals surface area contributed by atoms with Gasteiger partial charge in [0.1, 0.15) is 17.0 Å². The Morgan fingerprint density at radius 1 is 1.26 bits per heavy atom. The van der Waals surface area contributed by atoms with Crippen LogP contribution in [0.25, 0.3) is 22.7 Å². The van der Waals surface area contributed by atoms with E-state index in [0.29, 0.717) is 24.4 Å². The highest BCUT2D eigenvalue weighted by atomic mass is 16.5. The largest absolute Gasteiger partial charge is 0.382 e. The van der Waals surface area contributed by atoms with Crippen molar-refractivity contribution in [2.24, 2.45) is 0 Å². The van der Waals surface area contributed by atoms with E-state index in [2.05, 4.69) is 25.1 Å². The van der Waals surface area contributed by atoms with Crippen LogP contribution in [-0.2, 0) is 4.74 Å². The summed E-state index contributed by atoms with van der Waals surface area (Å²) in [5.41, 5.74) is 9.33. The summed E-state index contributed by atoms with van der Waals surface area (Å²) in [5.74, 6) is 0.269. The zero-order chi connectivity index (χ0) is 21.4. The van der Waals surface area contributed by atoms with Crippen molar-refractivity contribution in [2.75, 3.05) is 12.3 Å². The summed E-state index contributed by atoms with van der Waals surface area (Å²) in [6.45, 7) is 2.72. The van der Waals surface area contributed by atoms with Gasteiger partial charge in [-0.1, -0.05) is 0 Å². The number of nitrogen functional groups attached to an aromatic ring is 1. The Labute approximate surface area is 178 Å². The average molecular weight is 418 g/mol. The SMILES string of the molecule is Cc1cnc2ccc(-c3nc(C(=O)CCC4CCCO4)c(N)nc3-n3nccn3)cn12. The first-order valence-electron chi connectivity index (χ1n) is 10.2. The summed E-state index contributed by atoms with van der Waals surface area (Å²) >= 11 is 0. The minimum Gasteiger partial charge on any atom is -0.382 e. The molecule has 1 fully saturated rings. The van der Waals surface area contributed by atoms with Crippen LogP contribution >= 0.6 is 0 Å². The topological polar surface area (TPSA) is 126 Å². The fourth-order valence-corrected chi connectivity index (χ4v) is 3.83.